The first-order valence-corrected chi connectivity index (χ1v) is 12.9. The number of ether oxygens (including phenoxy) is 2. The van der Waals surface area contributed by atoms with Crippen LogP contribution in [0.15, 0.2) is 24.5 Å². The second kappa shape index (κ2) is 18.7. The Bertz CT molecular complexity index is 1370. The molecule has 0 aliphatic carbocycles. The summed E-state index contributed by atoms with van der Waals surface area (Å²) < 4.78 is 9.86. The van der Waals surface area contributed by atoms with Gasteiger partial charge in [-0.2, -0.15) is 17.2 Å². The number of rotatable bonds is 5. The van der Waals surface area contributed by atoms with Gasteiger partial charge < -0.3 is 40.5 Å². The van der Waals surface area contributed by atoms with Crippen LogP contribution in [-0.2, 0) is 56.2 Å². The van der Waals surface area contributed by atoms with Crippen LogP contribution in [0.1, 0.15) is 10.6 Å². The van der Waals surface area contributed by atoms with Gasteiger partial charge in [0.25, 0.3) is 0 Å². The molecule has 0 bridgehead atoms. The third-order valence-electron chi connectivity index (χ3n) is 3.65. The number of nitrogens with zero attached hydrogens (tertiary/aromatic N) is 2. The summed E-state index contributed by atoms with van der Waals surface area (Å²) in [5.41, 5.74) is 14.7. The van der Waals surface area contributed by atoms with Gasteiger partial charge in [0.15, 0.2) is 0 Å². The minimum Gasteiger partial charge on any atom is -0.632 e. The van der Waals surface area contributed by atoms with Crippen molar-refractivity contribution in [2.24, 2.45) is 0 Å². The normalized spacial score (nSPS) is 9.63. The standard InChI is InChI=1S/C16H8N4O2P2S2.2C2H5NO2.2V/c21-7-23-15-17-5-9(19-15)1-2-10-3-13-14(25-10)4-12(26-13)11-6-18-16(20-11)24-8-22;2*1-5-2(3)4;;/h3-6,23-24H,(H,17,19)(H,18,20);2*1H3,(H2,3,4);;/q-2;;;2*+2/p-2. The molecule has 4 heterocycles. The fourth-order valence-corrected chi connectivity index (χ4v) is 5.27. The van der Waals surface area contributed by atoms with Crippen LogP contribution in [0.4, 0.5) is 9.59 Å². The molecule has 0 saturated heterocycles. The smallest absolute Gasteiger partial charge is 0.632 e. The number of thiophene rings is 2. The number of hydrogen-bond acceptors (Lipinski definition) is 10. The summed E-state index contributed by atoms with van der Waals surface area (Å²) in [7, 11) is 2.14. The van der Waals surface area contributed by atoms with E-state index in [4.69, 9.17) is 11.5 Å². The molecular formula is C20H16N6O6P2S2V2. The zero-order valence-corrected chi connectivity index (χ0v) is 25.8. The van der Waals surface area contributed by atoms with E-state index in [-0.39, 0.29) is 54.3 Å². The molecule has 2 amide bonds. The van der Waals surface area contributed by atoms with E-state index >= 15 is 0 Å². The Morgan fingerprint density at radius 2 is 1.42 bits per heavy atom. The second-order valence-corrected chi connectivity index (χ2v) is 9.95. The maximum absolute atomic E-state index is 10.5. The number of nitrogens with one attached hydrogen (secondary N) is 4. The molecule has 12 nitrogen and oxygen atoms in total. The van der Waals surface area contributed by atoms with Gasteiger partial charge in [0.05, 0.1) is 53.2 Å². The van der Waals surface area contributed by atoms with Crippen molar-refractivity contribution in [3.63, 3.8) is 0 Å². The topological polar surface area (TPSA) is 192 Å². The van der Waals surface area contributed by atoms with Crippen LogP contribution in [0.3, 0.4) is 0 Å². The minimum absolute atomic E-state index is 0. The van der Waals surface area contributed by atoms with Gasteiger partial charge in [-0.3, -0.25) is 9.59 Å². The SMILES string of the molecule is COC([NH-])=O.COC([NH-])=O.O=[C-]Pc1ncc(C#Cc2cc3sc(-c4cnc(P[C-]=O)[nH]4)cc3s2)[nH]1.[V+2].[V+2]. The maximum atomic E-state index is 10.5. The number of hydrogen-bond donors (Lipinski definition) is 2. The minimum atomic E-state index is -0.995. The molecule has 4 N–H and O–H groups in total. The van der Waals surface area contributed by atoms with Crippen molar-refractivity contribution in [3.05, 3.63) is 46.6 Å². The summed E-state index contributed by atoms with van der Waals surface area (Å²) in [4.78, 5) is 55.8. The number of methoxy groups -OCH3 is 2. The monoisotopic (exact) mass is 664 g/mol. The number of aromatic nitrogens is 4. The molecule has 2 unspecified atom stereocenters. The molecule has 2 atom stereocenters. The first kappa shape index (κ1) is 35.5. The van der Waals surface area contributed by atoms with Crippen LogP contribution in [-0.4, -0.2) is 58.4 Å². The quantitative estimate of drug-likeness (QED) is 0.183. The molecule has 0 spiro atoms. The van der Waals surface area contributed by atoms with Gasteiger partial charge in [-0.1, -0.05) is 0 Å². The van der Waals surface area contributed by atoms with Crippen molar-refractivity contribution in [3.8, 4) is 22.4 Å². The Labute approximate surface area is 252 Å². The van der Waals surface area contributed by atoms with Crippen LogP contribution < -0.4 is 11.1 Å². The molecular weight excluding hydrogens is 648 g/mol. The summed E-state index contributed by atoms with van der Waals surface area (Å²) in [5.74, 6) is 6.14. The number of H-pyrrole nitrogens is 2. The molecule has 4 aromatic heterocycles. The van der Waals surface area contributed by atoms with E-state index in [1.165, 1.54) is 0 Å². The summed E-state index contributed by atoms with van der Waals surface area (Å²) >= 11 is 3.26. The number of imidazole rings is 2. The van der Waals surface area contributed by atoms with Crippen molar-refractivity contribution in [1.29, 1.82) is 0 Å². The Morgan fingerprint density at radius 1 is 0.895 bits per heavy atom. The van der Waals surface area contributed by atoms with E-state index in [0.29, 0.717) is 16.8 Å². The average molecular weight is 664 g/mol. The van der Waals surface area contributed by atoms with Gasteiger partial charge in [-0.05, 0) is 24.0 Å². The Hall–Kier alpha value is -2.45. The van der Waals surface area contributed by atoms with E-state index in [2.05, 4.69) is 53.4 Å². The summed E-state index contributed by atoms with van der Waals surface area (Å²) in [6.07, 6.45) is 1.37. The van der Waals surface area contributed by atoms with Gasteiger partial charge in [0, 0.05) is 9.40 Å². The third kappa shape index (κ3) is 11.9. The van der Waals surface area contributed by atoms with Crippen molar-refractivity contribution in [2.45, 2.75) is 0 Å². The molecule has 2 radical (unpaired) electrons. The fraction of sp³-hybridized carbons (Fsp3) is 0.100. The van der Waals surface area contributed by atoms with E-state index in [9.17, 15) is 19.2 Å². The van der Waals surface area contributed by atoms with E-state index < -0.39 is 12.2 Å². The number of carbonyl (C=O) groups excluding carboxylic acids is 4. The molecule has 4 aromatic rings. The van der Waals surface area contributed by atoms with E-state index in [0.717, 1.165) is 39.1 Å². The largest absolute Gasteiger partial charge is 2.00 e. The second-order valence-electron chi connectivity index (χ2n) is 5.93. The van der Waals surface area contributed by atoms with Gasteiger partial charge in [0.1, 0.15) is 5.69 Å². The molecule has 38 heavy (non-hydrogen) atoms. The van der Waals surface area contributed by atoms with Crippen LogP contribution in [0, 0.1) is 11.8 Å². The molecule has 0 aliphatic rings. The molecule has 0 aromatic carbocycles. The predicted molar refractivity (Wildman–Crippen MR) is 143 cm³/mol. The maximum Gasteiger partial charge on any atom is 2.00 e. The van der Waals surface area contributed by atoms with Crippen molar-refractivity contribution >= 4 is 84.6 Å². The molecule has 0 saturated carbocycles. The number of amides is 2. The molecule has 0 aliphatic heterocycles. The van der Waals surface area contributed by atoms with Crippen LogP contribution in [0.5, 0.6) is 0 Å². The van der Waals surface area contributed by atoms with Gasteiger partial charge in [0.2, 0.25) is 12.2 Å². The predicted octanol–water partition coefficient (Wildman–Crippen LogP) is 3.82. The number of aromatic amines is 2. The molecule has 4 rings (SSSR count). The third-order valence-corrected chi connectivity index (χ3v) is 7.08. The van der Waals surface area contributed by atoms with E-state index in [1.807, 2.05) is 12.1 Å². The van der Waals surface area contributed by atoms with Crippen LogP contribution in [0.2, 0.25) is 0 Å². The number of fused-ring (bicyclic) bond motifs is 1. The van der Waals surface area contributed by atoms with Crippen molar-refractivity contribution in [2.75, 3.05) is 14.2 Å². The summed E-state index contributed by atoms with van der Waals surface area (Å²) in [5, 5.41) is 0. The van der Waals surface area contributed by atoms with Crippen molar-refractivity contribution < 1.29 is 65.8 Å². The van der Waals surface area contributed by atoms with Gasteiger partial charge in [-0.25, -0.2) is 22.0 Å². The van der Waals surface area contributed by atoms with Crippen molar-refractivity contribution in [1.82, 2.24) is 19.9 Å². The fourth-order valence-electron chi connectivity index (χ4n) is 2.21. The first-order valence-electron chi connectivity index (χ1n) is 9.30. The summed E-state index contributed by atoms with van der Waals surface area (Å²) in [6.45, 7) is 0. The van der Waals surface area contributed by atoms with Gasteiger partial charge in [-0.15, -0.1) is 22.7 Å². The zero-order valence-electron chi connectivity index (χ0n) is 19.4. The average Bonchev–Trinajstić information content (AvgIpc) is 3.63. The zero-order chi connectivity index (χ0) is 26.5. The molecule has 194 valence electrons. The Balaban J connectivity index is 0.000000984. The first-order chi connectivity index (χ1) is 17.3. The molecule has 0 fully saturated rings. The number of carbonyl (C=O) groups is 2. The molecule has 18 heteroatoms. The summed E-state index contributed by atoms with van der Waals surface area (Å²) in [6, 6.07) is 7.84. The van der Waals surface area contributed by atoms with Crippen LogP contribution in [0.25, 0.3) is 31.4 Å². The Kier molecular flexibility index (Phi) is 17.5. The van der Waals surface area contributed by atoms with Gasteiger partial charge >= 0.3 is 37.1 Å². The van der Waals surface area contributed by atoms with E-state index in [1.54, 1.807) is 35.1 Å². The van der Waals surface area contributed by atoms with Crippen LogP contribution >= 0.6 is 39.8 Å². The Morgan fingerprint density at radius 3 is 1.95 bits per heavy atom.